The van der Waals surface area contributed by atoms with Crippen LogP contribution >= 0.6 is 0 Å². The molecule has 58 valence electrons. The molecular formula is C8H16N2. The summed E-state index contributed by atoms with van der Waals surface area (Å²) in [7, 11) is 0. The first kappa shape index (κ1) is 7.76. The summed E-state index contributed by atoms with van der Waals surface area (Å²) in [6.45, 7) is 6.51. The van der Waals surface area contributed by atoms with Gasteiger partial charge in [0.15, 0.2) is 0 Å². The highest BCUT2D eigenvalue weighted by atomic mass is 15.1. The second-order valence-electron chi connectivity index (χ2n) is 2.73. The van der Waals surface area contributed by atoms with Gasteiger partial charge >= 0.3 is 0 Å². The van der Waals surface area contributed by atoms with E-state index < -0.39 is 0 Å². The van der Waals surface area contributed by atoms with Gasteiger partial charge in [-0.15, -0.1) is 0 Å². The molecule has 1 aliphatic heterocycles. The number of hydrogen-bond donors (Lipinski definition) is 2. The maximum absolute atomic E-state index is 3.39. The van der Waals surface area contributed by atoms with Crippen molar-refractivity contribution < 1.29 is 0 Å². The van der Waals surface area contributed by atoms with Gasteiger partial charge in [-0.1, -0.05) is 6.08 Å². The van der Waals surface area contributed by atoms with Gasteiger partial charge in [0.05, 0.1) is 6.17 Å². The zero-order valence-electron chi connectivity index (χ0n) is 6.78. The first-order valence-electron chi connectivity index (χ1n) is 3.94. The molecule has 2 nitrogen and oxygen atoms in total. The molecule has 0 radical (unpaired) electrons. The van der Waals surface area contributed by atoms with Crippen LogP contribution in [0.2, 0.25) is 0 Å². The Bertz CT molecular complexity index is 123. The van der Waals surface area contributed by atoms with Crippen molar-refractivity contribution in [3.05, 3.63) is 11.6 Å². The van der Waals surface area contributed by atoms with Gasteiger partial charge in [-0.3, -0.25) is 10.6 Å². The van der Waals surface area contributed by atoms with Gasteiger partial charge in [0.2, 0.25) is 0 Å². The summed E-state index contributed by atoms with van der Waals surface area (Å²) in [5.41, 5.74) is 1.39. The van der Waals surface area contributed by atoms with Crippen LogP contribution in [0.3, 0.4) is 0 Å². The van der Waals surface area contributed by atoms with Crippen molar-refractivity contribution >= 4 is 0 Å². The normalized spacial score (nSPS) is 23.2. The van der Waals surface area contributed by atoms with E-state index in [2.05, 4.69) is 30.6 Å². The third-order valence-electron chi connectivity index (χ3n) is 1.96. The summed E-state index contributed by atoms with van der Waals surface area (Å²) in [4.78, 5) is 0. The van der Waals surface area contributed by atoms with Gasteiger partial charge in [0.1, 0.15) is 0 Å². The molecule has 0 aromatic rings. The topological polar surface area (TPSA) is 24.1 Å². The maximum atomic E-state index is 3.39. The van der Waals surface area contributed by atoms with E-state index in [0.717, 1.165) is 13.1 Å². The van der Waals surface area contributed by atoms with E-state index in [0.29, 0.717) is 6.17 Å². The Balaban J connectivity index is 2.39. The van der Waals surface area contributed by atoms with E-state index in [1.165, 1.54) is 12.0 Å². The summed E-state index contributed by atoms with van der Waals surface area (Å²) in [5, 5.41) is 6.78. The minimum absolute atomic E-state index is 0.429. The lowest BCUT2D eigenvalue weighted by molar-refractivity contribution is 0.409. The quantitative estimate of drug-likeness (QED) is 0.528. The molecule has 0 spiro atoms. The van der Waals surface area contributed by atoms with Gasteiger partial charge < -0.3 is 0 Å². The predicted octanol–water partition coefficient (Wildman–Crippen LogP) is 0.862. The van der Waals surface area contributed by atoms with E-state index in [1.807, 2.05) is 0 Å². The van der Waals surface area contributed by atoms with Crippen molar-refractivity contribution in [2.45, 2.75) is 26.4 Å². The maximum Gasteiger partial charge on any atom is 0.0791 e. The van der Waals surface area contributed by atoms with Crippen molar-refractivity contribution in [3.63, 3.8) is 0 Å². The molecule has 0 amide bonds. The molecule has 0 saturated carbocycles. The van der Waals surface area contributed by atoms with Crippen LogP contribution < -0.4 is 10.6 Å². The van der Waals surface area contributed by atoms with Crippen molar-refractivity contribution in [1.29, 1.82) is 0 Å². The van der Waals surface area contributed by atoms with Gasteiger partial charge in [0, 0.05) is 0 Å². The molecule has 10 heavy (non-hydrogen) atoms. The molecule has 1 rings (SSSR count). The molecule has 1 heterocycles. The van der Waals surface area contributed by atoms with E-state index >= 15 is 0 Å². The molecule has 1 fully saturated rings. The van der Waals surface area contributed by atoms with E-state index in [1.54, 1.807) is 0 Å². The standard InChI is InChI=1S/C8H16N2/c1-3-7(2)8-9-5-4-6-10-8/h3,8-10H,4-6H2,1-2H3. The Morgan fingerprint density at radius 3 is 2.50 bits per heavy atom. The summed E-state index contributed by atoms with van der Waals surface area (Å²) in [5.74, 6) is 0. The number of allylic oxidation sites excluding steroid dienone is 1. The lowest BCUT2D eigenvalue weighted by Gasteiger charge is -2.25. The zero-order valence-corrected chi connectivity index (χ0v) is 6.78. The van der Waals surface area contributed by atoms with Gasteiger partial charge in [-0.05, 0) is 38.9 Å². The fourth-order valence-electron chi connectivity index (χ4n) is 1.14. The lowest BCUT2D eigenvalue weighted by Crippen LogP contribution is -2.48. The third-order valence-corrected chi connectivity index (χ3v) is 1.96. The average molecular weight is 140 g/mol. The van der Waals surface area contributed by atoms with E-state index in [4.69, 9.17) is 0 Å². The second kappa shape index (κ2) is 3.74. The Morgan fingerprint density at radius 2 is 2.00 bits per heavy atom. The summed E-state index contributed by atoms with van der Waals surface area (Å²) >= 11 is 0. The minimum atomic E-state index is 0.429. The average Bonchev–Trinajstić information content (AvgIpc) is 2.05. The Morgan fingerprint density at radius 1 is 1.40 bits per heavy atom. The van der Waals surface area contributed by atoms with Gasteiger partial charge in [0.25, 0.3) is 0 Å². The van der Waals surface area contributed by atoms with Crippen molar-refractivity contribution in [2.75, 3.05) is 13.1 Å². The smallest absolute Gasteiger partial charge is 0.0791 e. The van der Waals surface area contributed by atoms with Crippen LogP contribution in [0.15, 0.2) is 11.6 Å². The number of nitrogens with one attached hydrogen (secondary N) is 2. The molecule has 0 aliphatic carbocycles. The number of rotatable bonds is 1. The Hall–Kier alpha value is -0.340. The lowest BCUT2D eigenvalue weighted by atomic mass is 10.2. The van der Waals surface area contributed by atoms with Crippen LogP contribution in [-0.2, 0) is 0 Å². The highest BCUT2D eigenvalue weighted by Gasteiger charge is 2.11. The molecule has 2 N–H and O–H groups in total. The zero-order chi connectivity index (χ0) is 7.40. The van der Waals surface area contributed by atoms with E-state index in [9.17, 15) is 0 Å². The second-order valence-corrected chi connectivity index (χ2v) is 2.73. The van der Waals surface area contributed by atoms with Crippen LogP contribution in [-0.4, -0.2) is 19.3 Å². The largest absolute Gasteiger partial charge is 0.298 e. The van der Waals surface area contributed by atoms with Crippen LogP contribution in [0.25, 0.3) is 0 Å². The molecule has 0 aromatic carbocycles. The SMILES string of the molecule is CC=C(C)C1NCCCN1. The molecule has 0 aromatic heterocycles. The predicted molar refractivity (Wildman–Crippen MR) is 43.8 cm³/mol. The molecule has 2 heteroatoms. The summed E-state index contributed by atoms with van der Waals surface area (Å²) in [6, 6.07) is 0. The minimum Gasteiger partial charge on any atom is -0.298 e. The van der Waals surface area contributed by atoms with Crippen molar-refractivity contribution in [1.82, 2.24) is 10.6 Å². The van der Waals surface area contributed by atoms with Crippen LogP contribution in [0.5, 0.6) is 0 Å². The first-order chi connectivity index (χ1) is 4.84. The molecule has 0 atom stereocenters. The number of hydrogen-bond acceptors (Lipinski definition) is 2. The molecule has 0 unspecified atom stereocenters. The van der Waals surface area contributed by atoms with Gasteiger partial charge in [-0.25, -0.2) is 0 Å². The summed E-state index contributed by atoms with van der Waals surface area (Å²) < 4.78 is 0. The first-order valence-corrected chi connectivity index (χ1v) is 3.94. The Labute approximate surface area is 62.7 Å². The van der Waals surface area contributed by atoms with Gasteiger partial charge in [-0.2, -0.15) is 0 Å². The molecular weight excluding hydrogens is 124 g/mol. The highest BCUT2D eigenvalue weighted by molar-refractivity contribution is 5.05. The van der Waals surface area contributed by atoms with Crippen molar-refractivity contribution in [2.24, 2.45) is 0 Å². The third kappa shape index (κ3) is 1.82. The fraction of sp³-hybridized carbons (Fsp3) is 0.750. The van der Waals surface area contributed by atoms with E-state index in [-0.39, 0.29) is 0 Å². The van der Waals surface area contributed by atoms with Crippen LogP contribution in [0.4, 0.5) is 0 Å². The van der Waals surface area contributed by atoms with Crippen LogP contribution in [0, 0.1) is 0 Å². The highest BCUT2D eigenvalue weighted by Crippen LogP contribution is 2.00. The Kier molecular flexibility index (Phi) is 2.90. The molecule has 1 saturated heterocycles. The summed E-state index contributed by atoms with van der Waals surface area (Å²) in [6.07, 6.45) is 3.82. The van der Waals surface area contributed by atoms with Crippen LogP contribution in [0.1, 0.15) is 20.3 Å². The monoisotopic (exact) mass is 140 g/mol. The fourth-order valence-corrected chi connectivity index (χ4v) is 1.14. The molecule has 1 aliphatic rings. The van der Waals surface area contributed by atoms with Crippen molar-refractivity contribution in [3.8, 4) is 0 Å². The molecule has 0 bridgehead atoms.